The minimum Gasteiger partial charge on any atom is -0.494 e. The van der Waals surface area contributed by atoms with E-state index in [1.54, 1.807) is 0 Å². The number of hydrogen-bond donors (Lipinski definition) is 2. The molecule has 0 heterocycles. The van der Waals surface area contributed by atoms with E-state index in [1.165, 1.54) is 0 Å². The highest BCUT2D eigenvalue weighted by molar-refractivity contribution is 5.97. The van der Waals surface area contributed by atoms with Gasteiger partial charge in [0.2, 0.25) is 0 Å². The van der Waals surface area contributed by atoms with Gasteiger partial charge < -0.3 is 10.5 Å². The lowest BCUT2D eigenvalue weighted by Crippen LogP contribution is -2.19. The van der Waals surface area contributed by atoms with Gasteiger partial charge in [0.1, 0.15) is 11.6 Å². The van der Waals surface area contributed by atoms with E-state index in [0.717, 1.165) is 12.1 Å². The van der Waals surface area contributed by atoms with E-state index in [2.05, 4.69) is 0 Å². The van der Waals surface area contributed by atoms with E-state index >= 15 is 0 Å². The molecular formula is C12H12F6N2O. The van der Waals surface area contributed by atoms with Crippen molar-refractivity contribution < 1.29 is 31.1 Å². The maximum atomic E-state index is 12.7. The quantitative estimate of drug-likeness (QED) is 0.377. The summed E-state index contributed by atoms with van der Waals surface area (Å²) in [5.41, 5.74) is 3.40. The molecule has 1 aromatic carbocycles. The fraction of sp³-hybridized carbons (Fsp3) is 0.417. The lowest BCUT2D eigenvalue weighted by Gasteiger charge is -2.14. The van der Waals surface area contributed by atoms with Crippen molar-refractivity contribution in [1.82, 2.24) is 0 Å². The second kappa shape index (κ2) is 6.23. The van der Waals surface area contributed by atoms with Crippen LogP contribution in [0.4, 0.5) is 26.3 Å². The Bertz CT molecular complexity index is 509. The minimum absolute atomic E-state index is 0.0737. The van der Waals surface area contributed by atoms with Crippen LogP contribution < -0.4 is 10.5 Å². The van der Waals surface area contributed by atoms with Crippen LogP contribution in [-0.2, 0) is 6.18 Å². The van der Waals surface area contributed by atoms with Crippen LogP contribution in [0.5, 0.6) is 5.75 Å². The first kappa shape index (κ1) is 17.1. The zero-order valence-electron chi connectivity index (χ0n) is 10.6. The molecule has 0 aliphatic heterocycles. The van der Waals surface area contributed by atoms with Crippen molar-refractivity contribution in [3.8, 4) is 5.75 Å². The Balaban J connectivity index is 2.78. The molecule has 0 saturated heterocycles. The maximum Gasteiger partial charge on any atom is 0.417 e. The van der Waals surface area contributed by atoms with Crippen molar-refractivity contribution in [3.05, 3.63) is 29.3 Å². The van der Waals surface area contributed by atoms with Gasteiger partial charge >= 0.3 is 12.4 Å². The summed E-state index contributed by atoms with van der Waals surface area (Å²) in [4.78, 5) is 0. The topological polar surface area (TPSA) is 59.1 Å². The van der Waals surface area contributed by atoms with Crippen LogP contribution in [0.3, 0.4) is 0 Å². The average Bonchev–Trinajstić information content (AvgIpc) is 2.32. The summed E-state index contributed by atoms with van der Waals surface area (Å²) in [6.07, 6.45) is -10.4. The van der Waals surface area contributed by atoms with Crippen molar-refractivity contribution in [1.29, 1.82) is 5.41 Å². The van der Waals surface area contributed by atoms with E-state index in [0.29, 0.717) is 6.07 Å². The second-order valence-electron chi connectivity index (χ2n) is 4.19. The molecule has 1 aromatic rings. The summed E-state index contributed by atoms with van der Waals surface area (Å²) in [5.74, 6) is -0.876. The summed E-state index contributed by atoms with van der Waals surface area (Å²) in [5, 5.41) is 7.12. The van der Waals surface area contributed by atoms with Gasteiger partial charge in [0, 0.05) is 12.0 Å². The van der Waals surface area contributed by atoms with Gasteiger partial charge in [0.05, 0.1) is 12.2 Å². The number of halogens is 6. The van der Waals surface area contributed by atoms with Gasteiger partial charge in [0.25, 0.3) is 0 Å². The van der Waals surface area contributed by atoms with Crippen molar-refractivity contribution in [2.75, 3.05) is 6.61 Å². The molecule has 9 heteroatoms. The molecule has 118 valence electrons. The van der Waals surface area contributed by atoms with Crippen LogP contribution in [-0.4, -0.2) is 18.6 Å². The Morgan fingerprint density at radius 2 is 1.76 bits per heavy atom. The Kier molecular flexibility index (Phi) is 5.08. The molecule has 0 spiro atoms. The third kappa shape index (κ3) is 5.52. The standard InChI is InChI=1S/C12H12F6N2O/c13-11(14,15)4-1-5-21-7-2-3-9(12(16,17)18)8(6-7)10(19)20/h2-3,6H,1,4-5H2,(H3,19,20). The minimum atomic E-state index is -4.68. The van der Waals surface area contributed by atoms with E-state index in [-0.39, 0.29) is 18.8 Å². The number of rotatable bonds is 5. The van der Waals surface area contributed by atoms with E-state index in [1.807, 2.05) is 0 Å². The Hall–Kier alpha value is -1.93. The van der Waals surface area contributed by atoms with Gasteiger partial charge in [-0.1, -0.05) is 0 Å². The Labute approximate surface area is 116 Å². The highest BCUT2D eigenvalue weighted by Crippen LogP contribution is 2.33. The van der Waals surface area contributed by atoms with Crippen LogP contribution in [0.2, 0.25) is 0 Å². The van der Waals surface area contributed by atoms with E-state index < -0.39 is 35.7 Å². The Morgan fingerprint density at radius 3 is 2.24 bits per heavy atom. The van der Waals surface area contributed by atoms with Crippen molar-refractivity contribution in [2.24, 2.45) is 5.73 Å². The number of hydrogen-bond acceptors (Lipinski definition) is 2. The normalized spacial score (nSPS) is 12.3. The van der Waals surface area contributed by atoms with Gasteiger partial charge in [-0.2, -0.15) is 26.3 Å². The van der Waals surface area contributed by atoms with Crippen LogP contribution in [0.15, 0.2) is 18.2 Å². The van der Waals surface area contributed by atoms with Crippen molar-refractivity contribution in [2.45, 2.75) is 25.2 Å². The largest absolute Gasteiger partial charge is 0.494 e. The molecule has 0 aromatic heterocycles. The van der Waals surface area contributed by atoms with Crippen molar-refractivity contribution in [3.63, 3.8) is 0 Å². The predicted molar refractivity (Wildman–Crippen MR) is 63.2 cm³/mol. The first-order valence-corrected chi connectivity index (χ1v) is 5.76. The molecule has 1 rings (SSSR count). The molecule has 21 heavy (non-hydrogen) atoms. The molecule has 0 bridgehead atoms. The Morgan fingerprint density at radius 1 is 1.14 bits per heavy atom. The number of ether oxygens (including phenoxy) is 1. The zero-order chi connectivity index (χ0) is 16.3. The van der Waals surface area contributed by atoms with E-state index in [9.17, 15) is 26.3 Å². The molecule has 0 radical (unpaired) electrons. The fourth-order valence-electron chi connectivity index (χ4n) is 1.55. The first-order chi connectivity index (χ1) is 9.50. The van der Waals surface area contributed by atoms with Crippen molar-refractivity contribution >= 4 is 5.84 Å². The third-order valence-corrected chi connectivity index (χ3v) is 2.46. The van der Waals surface area contributed by atoms with Gasteiger partial charge in [-0.15, -0.1) is 0 Å². The zero-order valence-corrected chi connectivity index (χ0v) is 10.6. The molecule has 0 amide bonds. The fourth-order valence-corrected chi connectivity index (χ4v) is 1.55. The summed E-state index contributed by atoms with van der Waals surface area (Å²) < 4.78 is 78.7. The molecule has 0 aliphatic rings. The average molecular weight is 314 g/mol. The summed E-state index contributed by atoms with van der Waals surface area (Å²) in [6, 6.07) is 2.54. The van der Waals surface area contributed by atoms with Gasteiger partial charge in [-0.05, 0) is 24.6 Å². The molecule has 3 nitrogen and oxygen atoms in total. The predicted octanol–water partition coefficient (Wildman–Crippen LogP) is 3.71. The third-order valence-electron chi connectivity index (χ3n) is 2.46. The highest BCUT2D eigenvalue weighted by atomic mass is 19.4. The SMILES string of the molecule is N=C(N)c1cc(OCCCC(F)(F)F)ccc1C(F)(F)F. The van der Waals surface area contributed by atoms with Gasteiger partial charge in [-0.3, -0.25) is 5.41 Å². The number of amidine groups is 1. The maximum absolute atomic E-state index is 12.7. The van der Waals surface area contributed by atoms with Crippen LogP contribution in [0, 0.1) is 5.41 Å². The van der Waals surface area contributed by atoms with E-state index in [4.69, 9.17) is 15.9 Å². The van der Waals surface area contributed by atoms with Gasteiger partial charge in [0.15, 0.2) is 0 Å². The molecule has 0 aliphatic carbocycles. The highest BCUT2D eigenvalue weighted by Gasteiger charge is 2.34. The molecule has 0 unspecified atom stereocenters. The first-order valence-electron chi connectivity index (χ1n) is 5.76. The number of alkyl halides is 6. The summed E-state index contributed by atoms with van der Waals surface area (Å²) in [7, 11) is 0. The monoisotopic (exact) mass is 314 g/mol. The van der Waals surface area contributed by atoms with Crippen LogP contribution in [0.1, 0.15) is 24.0 Å². The lowest BCUT2D eigenvalue weighted by molar-refractivity contribution is -0.138. The number of nitrogen functional groups attached to an aromatic ring is 1. The molecule has 3 N–H and O–H groups in total. The lowest BCUT2D eigenvalue weighted by atomic mass is 10.1. The number of benzene rings is 1. The van der Waals surface area contributed by atoms with Gasteiger partial charge in [-0.25, -0.2) is 0 Å². The summed E-state index contributed by atoms with van der Waals surface area (Å²) in [6.45, 7) is -0.303. The number of nitrogens with one attached hydrogen (secondary N) is 1. The number of nitrogens with two attached hydrogens (primary N) is 1. The molecule has 0 fully saturated rings. The van der Waals surface area contributed by atoms with Crippen LogP contribution >= 0.6 is 0 Å². The smallest absolute Gasteiger partial charge is 0.417 e. The molecule has 0 atom stereocenters. The second-order valence-corrected chi connectivity index (χ2v) is 4.19. The summed E-state index contributed by atoms with van der Waals surface area (Å²) >= 11 is 0. The molecular weight excluding hydrogens is 302 g/mol. The van der Waals surface area contributed by atoms with Crippen LogP contribution in [0.25, 0.3) is 0 Å². The molecule has 0 saturated carbocycles.